The van der Waals surface area contributed by atoms with Crippen LogP contribution in [0.25, 0.3) is 0 Å². The van der Waals surface area contributed by atoms with Crippen molar-refractivity contribution >= 4 is 21.6 Å². The monoisotopic (exact) mass is 401 g/mol. The predicted octanol–water partition coefficient (Wildman–Crippen LogP) is 2.72. The topological polar surface area (TPSA) is 111 Å². The molecule has 2 aromatic heterocycles. The summed E-state index contributed by atoms with van der Waals surface area (Å²) in [7, 11) is -2.31. The van der Waals surface area contributed by atoms with Gasteiger partial charge in [0.2, 0.25) is 15.9 Å². The summed E-state index contributed by atoms with van der Waals surface area (Å²) >= 11 is 0. The van der Waals surface area contributed by atoms with Gasteiger partial charge < -0.3 is 14.5 Å². The summed E-state index contributed by atoms with van der Waals surface area (Å²) in [5.74, 6) is 0.470. The number of sulfonamides is 1. The van der Waals surface area contributed by atoms with Crippen LogP contribution in [0.4, 0.5) is 5.69 Å². The molecule has 1 amide bonds. The van der Waals surface area contributed by atoms with Crippen molar-refractivity contribution in [1.82, 2.24) is 9.71 Å². The predicted molar refractivity (Wildman–Crippen MR) is 103 cm³/mol. The number of rotatable bonds is 7. The van der Waals surface area contributed by atoms with Crippen LogP contribution in [0.2, 0.25) is 0 Å². The molecule has 0 fully saturated rings. The van der Waals surface area contributed by atoms with Crippen molar-refractivity contribution in [3.05, 3.63) is 71.8 Å². The molecule has 9 heteroatoms. The Kier molecular flexibility index (Phi) is 5.76. The lowest BCUT2D eigenvalue weighted by Crippen LogP contribution is -2.24. The van der Waals surface area contributed by atoms with Gasteiger partial charge in [-0.05, 0) is 42.8 Å². The molecule has 0 saturated carbocycles. The summed E-state index contributed by atoms with van der Waals surface area (Å²) in [4.78, 5) is 16.6. The van der Waals surface area contributed by atoms with Crippen LogP contribution in [0.15, 0.2) is 64.2 Å². The highest BCUT2D eigenvalue weighted by Gasteiger charge is 2.18. The number of furan rings is 1. The largest absolute Gasteiger partial charge is 0.481 e. The third kappa shape index (κ3) is 4.56. The number of hydrogen-bond acceptors (Lipinski definition) is 6. The van der Waals surface area contributed by atoms with E-state index in [0.29, 0.717) is 22.9 Å². The smallest absolute Gasteiger partial charge is 0.256 e. The Morgan fingerprint density at radius 1 is 1.21 bits per heavy atom. The Morgan fingerprint density at radius 2 is 2.04 bits per heavy atom. The molecular weight excluding hydrogens is 382 g/mol. The number of carbonyl (C=O) groups is 1. The SMILES string of the molecule is COc1ccc(NC(=O)c2cc(S(=O)(=O)NCc3ccco3)ccc2C)cn1. The highest BCUT2D eigenvalue weighted by molar-refractivity contribution is 7.89. The number of hydrogen-bond donors (Lipinski definition) is 2. The first-order valence-electron chi connectivity index (χ1n) is 8.33. The maximum Gasteiger partial charge on any atom is 0.256 e. The second-order valence-electron chi connectivity index (χ2n) is 5.92. The normalized spacial score (nSPS) is 11.2. The summed E-state index contributed by atoms with van der Waals surface area (Å²) in [6.07, 6.45) is 2.92. The lowest BCUT2D eigenvalue weighted by atomic mass is 10.1. The lowest BCUT2D eigenvalue weighted by Gasteiger charge is -2.11. The number of methoxy groups -OCH3 is 1. The summed E-state index contributed by atoms with van der Waals surface area (Å²) in [5, 5.41) is 2.70. The van der Waals surface area contributed by atoms with Crippen LogP contribution >= 0.6 is 0 Å². The third-order valence-corrected chi connectivity index (χ3v) is 5.38. The molecule has 8 nitrogen and oxygen atoms in total. The van der Waals surface area contributed by atoms with Gasteiger partial charge in [0, 0.05) is 11.6 Å². The van der Waals surface area contributed by atoms with Crippen molar-refractivity contribution in [2.75, 3.05) is 12.4 Å². The Hall–Kier alpha value is -3.17. The standard InChI is InChI=1S/C19H19N3O5S/c1-13-5-7-16(28(24,25)21-12-15-4-3-9-27-15)10-17(13)19(23)22-14-6-8-18(26-2)20-11-14/h3-11,21H,12H2,1-2H3,(H,22,23). The van der Waals surface area contributed by atoms with Crippen molar-refractivity contribution in [1.29, 1.82) is 0 Å². The average Bonchev–Trinajstić information content (AvgIpc) is 3.21. The fourth-order valence-electron chi connectivity index (χ4n) is 2.45. The zero-order chi connectivity index (χ0) is 20.1. The molecule has 0 bridgehead atoms. The molecule has 0 aliphatic heterocycles. The van der Waals surface area contributed by atoms with E-state index in [-0.39, 0.29) is 17.0 Å². The number of benzene rings is 1. The van der Waals surface area contributed by atoms with E-state index < -0.39 is 15.9 Å². The molecule has 0 spiro atoms. The van der Waals surface area contributed by atoms with Gasteiger partial charge in [-0.3, -0.25) is 4.79 Å². The molecule has 0 aliphatic carbocycles. The van der Waals surface area contributed by atoms with Crippen LogP contribution in [0.3, 0.4) is 0 Å². The van der Waals surface area contributed by atoms with Crippen LogP contribution < -0.4 is 14.8 Å². The second kappa shape index (κ2) is 8.24. The first kappa shape index (κ1) is 19.6. The molecule has 2 heterocycles. The van der Waals surface area contributed by atoms with Crippen LogP contribution in [-0.2, 0) is 16.6 Å². The summed E-state index contributed by atoms with van der Waals surface area (Å²) in [6, 6.07) is 11.0. The van der Waals surface area contributed by atoms with Gasteiger partial charge in [-0.2, -0.15) is 0 Å². The summed E-state index contributed by atoms with van der Waals surface area (Å²) < 4.78 is 37.6. The van der Waals surface area contributed by atoms with Crippen molar-refractivity contribution in [2.45, 2.75) is 18.4 Å². The van der Waals surface area contributed by atoms with Crippen LogP contribution in [0, 0.1) is 6.92 Å². The minimum atomic E-state index is -3.81. The molecule has 0 aliphatic rings. The van der Waals surface area contributed by atoms with E-state index in [4.69, 9.17) is 9.15 Å². The first-order chi connectivity index (χ1) is 13.4. The number of anilines is 1. The molecule has 3 rings (SSSR count). The molecule has 2 N–H and O–H groups in total. The van der Waals surface area contributed by atoms with E-state index in [1.54, 1.807) is 37.3 Å². The zero-order valence-corrected chi connectivity index (χ0v) is 16.1. The zero-order valence-electron chi connectivity index (χ0n) is 15.3. The Balaban J connectivity index is 1.78. The molecule has 0 radical (unpaired) electrons. The maximum atomic E-state index is 12.6. The highest BCUT2D eigenvalue weighted by atomic mass is 32.2. The van der Waals surface area contributed by atoms with Crippen molar-refractivity contribution in [3.8, 4) is 5.88 Å². The maximum absolute atomic E-state index is 12.6. The Bertz CT molecular complexity index is 1060. The highest BCUT2D eigenvalue weighted by Crippen LogP contribution is 2.18. The second-order valence-corrected chi connectivity index (χ2v) is 7.69. The van der Waals surface area contributed by atoms with Crippen molar-refractivity contribution in [3.63, 3.8) is 0 Å². The minimum absolute atomic E-state index is 0.0114. The number of carbonyl (C=O) groups excluding carboxylic acids is 1. The summed E-state index contributed by atoms with van der Waals surface area (Å²) in [6.45, 7) is 1.75. The van der Waals surface area contributed by atoms with Crippen LogP contribution in [0.1, 0.15) is 21.7 Å². The van der Waals surface area contributed by atoms with E-state index in [2.05, 4.69) is 15.0 Å². The van der Waals surface area contributed by atoms with Gasteiger partial charge in [0.25, 0.3) is 5.91 Å². The fraction of sp³-hybridized carbons (Fsp3) is 0.158. The van der Waals surface area contributed by atoms with E-state index in [1.807, 2.05) is 0 Å². The molecule has 3 aromatic rings. The quantitative estimate of drug-likeness (QED) is 0.630. The van der Waals surface area contributed by atoms with Crippen molar-refractivity contribution < 1.29 is 22.4 Å². The third-order valence-electron chi connectivity index (χ3n) is 3.98. The van der Waals surface area contributed by atoms with Gasteiger partial charge in [0.15, 0.2) is 0 Å². The van der Waals surface area contributed by atoms with Crippen molar-refractivity contribution in [2.24, 2.45) is 0 Å². The van der Waals surface area contributed by atoms with Gasteiger partial charge in [0.05, 0.1) is 36.7 Å². The lowest BCUT2D eigenvalue weighted by molar-refractivity contribution is 0.102. The van der Waals surface area contributed by atoms with E-state index >= 15 is 0 Å². The number of aromatic nitrogens is 1. The van der Waals surface area contributed by atoms with Gasteiger partial charge in [0.1, 0.15) is 5.76 Å². The fourth-order valence-corrected chi connectivity index (χ4v) is 3.47. The van der Waals surface area contributed by atoms with Gasteiger partial charge in [-0.1, -0.05) is 6.07 Å². The molecule has 1 aromatic carbocycles. The first-order valence-corrected chi connectivity index (χ1v) is 9.81. The average molecular weight is 401 g/mol. The molecule has 0 atom stereocenters. The van der Waals surface area contributed by atoms with E-state index in [1.165, 1.54) is 31.7 Å². The Morgan fingerprint density at radius 3 is 2.68 bits per heavy atom. The van der Waals surface area contributed by atoms with Gasteiger partial charge in [-0.15, -0.1) is 0 Å². The van der Waals surface area contributed by atoms with Gasteiger partial charge >= 0.3 is 0 Å². The molecule has 0 saturated heterocycles. The number of nitrogens with one attached hydrogen (secondary N) is 2. The number of aryl methyl sites for hydroxylation is 1. The number of amides is 1. The molecule has 0 unspecified atom stereocenters. The van der Waals surface area contributed by atoms with Crippen LogP contribution in [0.5, 0.6) is 5.88 Å². The Labute approximate surface area is 162 Å². The molecule has 146 valence electrons. The molecule has 28 heavy (non-hydrogen) atoms. The van der Waals surface area contributed by atoms with Crippen LogP contribution in [-0.4, -0.2) is 26.4 Å². The van der Waals surface area contributed by atoms with E-state index in [0.717, 1.165) is 0 Å². The number of pyridine rings is 1. The summed E-state index contributed by atoms with van der Waals surface area (Å²) in [5.41, 5.74) is 1.36. The van der Waals surface area contributed by atoms with Gasteiger partial charge in [-0.25, -0.2) is 18.1 Å². The molecular formula is C19H19N3O5S. The minimum Gasteiger partial charge on any atom is -0.481 e. The number of nitrogens with zero attached hydrogens (tertiary/aromatic N) is 1. The number of ether oxygens (including phenoxy) is 1. The van der Waals surface area contributed by atoms with E-state index in [9.17, 15) is 13.2 Å².